The van der Waals surface area contributed by atoms with E-state index in [1.165, 1.54) is 18.3 Å². The van der Waals surface area contributed by atoms with Gasteiger partial charge in [-0.1, -0.05) is 30.3 Å². The molecular formula is C17H19N3O3. The summed E-state index contributed by atoms with van der Waals surface area (Å²) in [6.45, 7) is 3.70. The van der Waals surface area contributed by atoms with Crippen LogP contribution in [0.5, 0.6) is 0 Å². The van der Waals surface area contributed by atoms with E-state index in [1.54, 1.807) is 24.3 Å². The van der Waals surface area contributed by atoms with Crippen molar-refractivity contribution in [2.45, 2.75) is 25.9 Å². The fourth-order valence-corrected chi connectivity index (χ4v) is 2.08. The van der Waals surface area contributed by atoms with Crippen molar-refractivity contribution in [3.8, 4) is 0 Å². The van der Waals surface area contributed by atoms with Crippen LogP contribution in [0.3, 0.4) is 0 Å². The lowest BCUT2D eigenvalue weighted by Crippen LogP contribution is -2.42. The molecule has 1 aromatic heterocycles. The summed E-state index contributed by atoms with van der Waals surface area (Å²) in [5.74, 6) is -0.724. The van der Waals surface area contributed by atoms with E-state index in [1.807, 2.05) is 19.9 Å². The Labute approximate surface area is 133 Å². The molecule has 1 aromatic carbocycles. The summed E-state index contributed by atoms with van der Waals surface area (Å²) in [4.78, 5) is 38.2. The highest BCUT2D eigenvalue weighted by Gasteiger charge is 2.23. The SMILES string of the molecule is CC(C)NC(=O)C(NC(=O)c1ccc(=O)[nH]c1)c1ccccc1. The number of H-pyrrole nitrogens is 1. The molecule has 0 saturated heterocycles. The fraction of sp³-hybridized carbons (Fsp3) is 0.235. The average molecular weight is 313 g/mol. The van der Waals surface area contributed by atoms with Crippen molar-refractivity contribution in [1.29, 1.82) is 0 Å². The molecule has 0 aliphatic heterocycles. The number of hydrogen-bond donors (Lipinski definition) is 3. The topological polar surface area (TPSA) is 91.1 Å². The Morgan fingerprint density at radius 2 is 1.70 bits per heavy atom. The zero-order chi connectivity index (χ0) is 16.8. The van der Waals surface area contributed by atoms with Crippen LogP contribution in [0.1, 0.15) is 35.8 Å². The Morgan fingerprint density at radius 1 is 1.00 bits per heavy atom. The van der Waals surface area contributed by atoms with Crippen LogP contribution in [-0.2, 0) is 4.79 Å². The number of rotatable bonds is 5. The van der Waals surface area contributed by atoms with Gasteiger partial charge in [-0.2, -0.15) is 0 Å². The highest BCUT2D eigenvalue weighted by Crippen LogP contribution is 2.14. The lowest BCUT2D eigenvalue weighted by molar-refractivity contribution is -0.123. The van der Waals surface area contributed by atoms with Crippen LogP contribution < -0.4 is 16.2 Å². The maximum absolute atomic E-state index is 12.4. The fourth-order valence-electron chi connectivity index (χ4n) is 2.08. The van der Waals surface area contributed by atoms with E-state index >= 15 is 0 Å². The van der Waals surface area contributed by atoms with Crippen molar-refractivity contribution in [1.82, 2.24) is 15.6 Å². The van der Waals surface area contributed by atoms with Crippen LogP contribution in [-0.4, -0.2) is 22.8 Å². The van der Waals surface area contributed by atoms with E-state index in [2.05, 4.69) is 15.6 Å². The lowest BCUT2D eigenvalue weighted by atomic mass is 10.1. The van der Waals surface area contributed by atoms with Gasteiger partial charge in [0.15, 0.2) is 0 Å². The van der Waals surface area contributed by atoms with Gasteiger partial charge in [0, 0.05) is 18.3 Å². The van der Waals surface area contributed by atoms with Crippen LogP contribution in [0.15, 0.2) is 53.5 Å². The number of pyridine rings is 1. The highest BCUT2D eigenvalue weighted by atomic mass is 16.2. The number of benzene rings is 1. The maximum atomic E-state index is 12.4. The minimum atomic E-state index is -0.807. The summed E-state index contributed by atoms with van der Waals surface area (Å²) < 4.78 is 0. The summed E-state index contributed by atoms with van der Waals surface area (Å²) >= 11 is 0. The number of amides is 2. The molecule has 3 N–H and O–H groups in total. The number of carbonyl (C=O) groups excluding carboxylic acids is 2. The van der Waals surface area contributed by atoms with Crippen molar-refractivity contribution >= 4 is 11.8 Å². The normalized spacial score (nSPS) is 11.8. The summed E-state index contributed by atoms with van der Waals surface area (Å²) in [5.41, 5.74) is 0.671. The summed E-state index contributed by atoms with van der Waals surface area (Å²) in [6.07, 6.45) is 1.32. The monoisotopic (exact) mass is 313 g/mol. The second-order valence-electron chi connectivity index (χ2n) is 5.42. The molecule has 0 fully saturated rings. The van der Waals surface area contributed by atoms with Crippen LogP contribution >= 0.6 is 0 Å². The molecule has 0 spiro atoms. The van der Waals surface area contributed by atoms with Crippen molar-refractivity contribution in [2.24, 2.45) is 0 Å². The van der Waals surface area contributed by atoms with Gasteiger partial charge in [-0.25, -0.2) is 0 Å². The van der Waals surface area contributed by atoms with Gasteiger partial charge in [-0.05, 0) is 25.5 Å². The summed E-state index contributed by atoms with van der Waals surface area (Å²) in [7, 11) is 0. The second-order valence-corrected chi connectivity index (χ2v) is 5.42. The quantitative estimate of drug-likeness (QED) is 0.778. The largest absolute Gasteiger partial charge is 0.352 e. The molecule has 0 aliphatic carbocycles. The lowest BCUT2D eigenvalue weighted by Gasteiger charge is -2.20. The summed E-state index contributed by atoms with van der Waals surface area (Å²) in [6, 6.07) is 10.8. The third-order valence-corrected chi connectivity index (χ3v) is 3.15. The zero-order valence-electron chi connectivity index (χ0n) is 13.0. The number of carbonyl (C=O) groups is 2. The number of aromatic amines is 1. The van der Waals surface area contributed by atoms with E-state index in [-0.39, 0.29) is 23.1 Å². The van der Waals surface area contributed by atoms with Crippen LogP contribution in [0.2, 0.25) is 0 Å². The minimum Gasteiger partial charge on any atom is -0.352 e. The van der Waals surface area contributed by atoms with Crippen LogP contribution in [0.25, 0.3) is 0 Å². The van der Waals surface area contributed by atoms with Crippen molar-refractivity contribution in [2.75, 3.05) is 0 Å². The van der Waals surface area contributed by atoms with Gasteiger partial charge in [0.05, 0.1) is 5.56 Å². The van der Waals surface area contributed by atoms with Gasteiger partial charge in [0.1, 0.15) is 6.04 Å². The molecular weight excluding hydrogens is 294 g/mol. The highest BCUT2D eigenvalue weighted by molar-refractivity contribution is 5.97. The predicted octanol–water partition coefficient (Wildman–Crippen LogP) is 1.37. The Hall–Kier alpha value is -2.89. The first-order valence-electron chi connectivity index (χ1n) is 7.32. The van der Waals surface area contributed by atoms with E-state index in [4.69, 9.17) is 0 Å². The van der Waals surface area contributed by atoms with Crippen molar-refractivity contribution < 1.29 is 9.59 Å². The average Bonchev–Trinajstić information content (AvgIpc) is 2.53. The van der Waals surface area contributed by atoms with Gasteiger partial charge >= 0.3 is 0 Å². The van der Waals surface area contributed by atoms with Gasteiger partial charge < -0.3 is 15.6 Å². The maximum Gasteiger partial charge on any atom is 0.253 e. The van der Waals surface area contributed by atoms with Gasteiger partial charge in [0.2, 0.25) is 11.5 Å². The Kier molecular flexibility index (Phi) is 5.30. The molecule has 1 atom stereocenters. The van der Waals surface area contributed by atoms with E-state index in [0.717, 1.165) is 0 Å². The molecule has 6 nitrogen and oxygen atoms in total. The van der Waals surface area contributed by atoms with E-state index in [0.29, 0.717) is 5.56 Å². The molecule has 120 valence electrons. The number of nitrogens with one attached hydrogen (secondary N) is 3. The Balaban J connectivity index is 2.23. The predicted molar refractivity (Wildman–Crippen MR) is 87.0 cm³/mol. The Bertz CT molecular complexity index is 718. The second kappa shape index (κ2) is 7.40. The van der Waals surface area contributed by atoms with Crippen molar-refractivity contribution in [3.63, 3.8) is 0 Å². The zero-order valence-corrected chi connectivity index (χ0v) is 13.0. The first-order chi connectivity index (χ1) is 11.0. The molecule has 6 heteroatoms. The third kappa shape index (κ3) is 4.54. The minimum absolute atomic E-state index is 0.0429. The molecule has 2 aromatic rings. The molecule has 2 amide bonds. The first kappa shape index (κ1) is 16.5. The molecule has 0 aliphatic rings. The number of hydrogen-bond acceptors (Lipinski definition) is 3. The summed E-state index contributed by atoms with van der Waals surface area (Å²) in [5, 5.41) is 5.50. The smallest absolute Gasteiger partial charge is 0.253 e. The molecule has 23 heavy (non-hydrogen) atoms. The molecule has 1 unspecified atom stereocenters. The molecule has 1 heterocycles. The van der Waals surface area contributed by atoms with Gasteiger partial charge in [-0.3, -0.25) is 14.4 Å². The number of aromatic nitrogens is 1. The molecule has 0 saturated carbocycles. The Morgan fingerprint density at radius 3 is 2.26 bits per heavy atom. The van der Waals surface area contributed by atoms with Gasteiger partial charge in [0.25, 0.3) is 5.91 Å². The first-order valence-corrected chi connectivity index (χ1v) is 7.32. The van der Waals surface area contributed by atoms with E-state index < -0.39 is 11.9 Å². The molecule has 0 radical (unpaired) electrons. The van der Waals surface area contributed by atoms with Crippen LogP contribution in [0, 0.1) is 0 Å². The van der Waals surface area contributed by atoms with Crippen molar-refractivity contribution in [3.05, 3.63) is 70.1 Å². The third-order valence-electron chi connectivity index (χ3n) is 3.15. The molecule has 0 bridgehead atoms. The van der Waals surface area contributed by atoms with E-state index in [9.17, 15) is 14.4 Å². The van der Waals surface area contributed by atoms with Crippen LogP contribution in [0.4, 0.5) is 0 Å². The van der Waals surface area contributed by atoms with Gasteiger partial charge in [-0.15, -0.1) is 0 Å². The standard InChI is InChI=1S/C17H19N3O3/c1-11(2)19-17(23)15(12-6-4-3-5-7-12)20-16(22)13-8-9-14(21)18-10-13/h3-11,15H,1-2H3,(H,18,21)(H,19,23)(H,20,22). The molecule has 2 rings (SSSR count).